The van der Waals surface area contributed by atoms with Crippen LogP contribution >= 0.6 is 0 Å². The van der Waals surface area contributed by atoms with Crippen molar-refractivity contribution in [2.45, 2.75) is 0 Å². The van der Waals surface area contributed by atoms with E-state index in [-0.39, 0.29) is 16.6 Å². The van der Waals surface area contributed by atoms with Crippen LogP contribution in [0.5, 0.6) is 5.75 Å². The third kappa shape index (κ3) is 2.16. The number of fused-ring (bicyclic) bond motifs is 2. The van der Waals surface area contributed by atoms with E-state index in [0.29, 0.717) is 27.7 Å². The van der Waals surface area contributed by atoms with Gasteiger partial charge in [0.25, 0.3) is 0 Å². The molecular formula is C20H12O4. The molecule has 0 unspecified atom stereocenters. The molecule has 1 aromatic heterocycles. The molecule has 24 heavy (non-hydrogen) atoms. The number of hydrogen-bond donors (Lipinski definition) is 1. The third-order valence-electron chi connectivity index (χ3n) is 4.02. The predicted octanol–water partition coefficient (Wildman–Crippen LogP) is 4.13. The molecule has 0 fully saturated rings. The van der Waals surface area contributed by atoms with Crippen molar-refractivity contribution in [3.63, 3.8) is 0 Å². The van der Waals surface area contributed by atoms with E-state index in [1.54, 1.807) is 48.5 Å². The van der Waals surface area contributed by atoms with Crippen LogP contribution in [0.1, 0.15) is 10.4 Å². The molecule has 4 nitrogen and oxygen atoms in total. The summed E-state index contributed by atoms with van der Waals surface area (Å²) in [5.74, 6) is -0.140. The van der Waals surface area contributed by atoms with Crippen LogP contribution in [0.4, 0.5) is 0 Å². The molecule has 0 amide bonds. The summed E-state index contributed by atoms with van der Waals surface area (Å²) in [6.45, 7) is 0. The second-order valence-electron chi connectivity index (χ2n) is 5.54. The summed E-state index contributed by atoms with van der Waals surface area (Å²) >= 11 is 0. The zero-order valence-electron chi connectivity index (χ0n) is 12.5. The molecule has 0 aliphatic carbocycles. The average Bonchev–Trinajstić information content (AvgIpc) is 2.61. The van der Waals surface area contributed by atoms with E-state index in [9.17, 15) is 14.7 Å². The summed E-state index contributed by atoms with van der Waals surface area (Å²) in [6, 6.07) is 17.1. The summed E-state index contributed by atoms with van der Waals surface area (Å²) in [4.78, 5) is 23.5. The highest BCUT2D eigenvalue weighted by molar-refractivity contribution is 5.95. The number of carbonyl (C=O) groups excluding carboxylic acids is 1. The Labute approximate surface area is 136 Å². The number of aldehydes is 1. The molecular weight excluding hydrogens is 304 g/mol. The first-order chi connectivity index (χ1) is 11.7. The highest BCUT2D eigenvalue weighted by Gasteiger charge is 2.13. The van der Waals surface area contributed by atoms with Crippen molar-refractivity contribution in [1.82, 2.24) is 0 Å². The van der Waals surface area contributed by atoms with Gasteiger partial charge in [0.15, 0.2) is 0 Å². The molecule has 0 saturated carbocycles. The fourth-order valence-corrected chi connectivity index (χ4v) is 2.86. The molecule has 0 atom stereocenters. The van der Waals surface area contributed by atoms with Crippen LogP contribution in [0.15, 0.2) is 69.9 Å². The first-order valence-electron chi connectivity index (χ1n) is 7.41. The van der Waals surface area contributed by atoms with Crippen LogP contribution < -0.4 is 5.43 Å². The Kier molecular flexibility index (Phi) is 3.17. The fourth-order valence-electron chi connectivity index (χ4n) is 2.86. The van der Waals surface area contributed by atoms with Crippen molar-refractivity contribution in [2.24, 2.45) is 0 Å². The van der Waals surface area contributed by atoms with Gasteiger partial charge in [-0.25, -0.2) is 0 Å². The van der Waals surface area contributed by atoms with Crippen molar-refractivity contribution < 1.29 is 14.3 Å². The van der Waals surface area contributed by atoms with Crippen molar-refractivity contribution in [3.05, 3.63) is 76.5 Å². The minimum Gasteiger partial charge on any atom is -0.507 e. The molecule has 0 radical (unpaired) electrons. The Morgan fingerprint density at radius 2 is 1.71 bits per heavy atom. The number of rotatable bonds is 2. The summed E-state index contributed by atoms with van der Waals surface area (Å²) in [7, 11) is 0. The Bertz CT molecular complexity index is 1160. The van der Waals surface area contributed by atoms with E-state index >= 15 is 0 Å². The van der Waals surface area contributed by atoms with Gasteiger partial charge in [0, 0.05) is 5.56 Å². The molecule has 0 bridgehead atoms. The number of aromatic hydroxyl groups is 1. The molecule has 116 valence electrons. The smallest absolute Gasteiger partial charge is 0.204 e. The summed E-state index contributed by atoms with van der Waals surface area (Å²) in [6.07, 6.45) is 0.762. The highest BCUT2D eigenvalue weighted by atomic mass is 16.3. The van der Waals surface area contributed by atoms with Gasteiger partial charge in [-0.3, -0.25) is 9.59 Å². The number of hydrogen-bond acceptors (Lipinski definition) is 4. The van der Waals surface area contributed by atoms with E-state index < -0.39 is 0 Å². The van der Waals surface area contributed by atoms with E-state index in [1.165, 1.54) is 6.07 Å². The summed E-state index contributed by atoms with van der Waals surface area (Å²) in [5.41, 5.74) is 2.47. The van der Waals surface area contributed by atoms with E-state index in [4.69, 9.17) is 4.42 Å². The number of para-hydroxylation sites is 1. The van der Waals surface area contributed by atoms with Crippen LogP contribution in [0.3, 0.4) is 0 Å². The Morgan fingerprint density at radius 3 is 2.54 bits per heavy atom. The molecule has 3 aromatic carbocycles. The van der Waals surface area contributed by atoms with Crippen molar-refractivity contribution in [1.29, 1.82) is 0 Å². The lowest BCUT2D eigenvalue weighted by Crippen LogP contribution is -2.02. The van der Waals surface area contributed by atoms with Gasteiger partial charge in [-0.15, -0.1) is 0 Å². The number of benzene rings is 3. The lowest BCUT2D eigenvalue weighted by Gasteiger charge is -2.07. The van der Waals surface area contributed by atoms with Gasteiger partial charge < -0.3 is 9.52 Å². The SMILES string of the molecule is O=Cc1cccc(-c2cc(O)c3c(=O)c4ccccc4oc3c2)c1. The monoisotopic (exact) mass is 316 g/mol. The van der Waals surface area contributed by atoms with Crippen LogP contribution in [-0.4, -0.2) is 11.4 Å². The molecule has 0 saturated heterocycles. The quantitative estimate of drug-likeness (QED) is 0.446. The number of phenolic OH excluding ortho intramolecular Hbond substituents is 1. The van der Waals surface area contributed by atoms with E-state index in [0.717, 1.165) is 11.8 Å². The lowest BCUT2D eigenvalue weighted by molar-refractivity contribution is 0.112. The molecule has 4 heteroatoms. The second kappa shape index (κ2) is 5.35. The minimum atomic E-state index is -0.266. The zero-order chi connectivity index (χ0) is 16.7. The molecule has 4 aromatic rings. The number of phenols is 1. The Hall–Kier alpha value is -3.40. The molecule has 0 aliphatic heterocycles. The molecule has 0 aliphatic rings. The minimum absolute atomic E-state index is 0.140. The van der Waals surface area contributed by atoms with E-state index in [2.05, 4.69) is 0 Å². The first kappa shape index (κ1) is 14.2. The van der Waals surface area contributed by atoms with Crippen LogP contribution in [0.2, 0.25) is 0 Å². The van der Waals surface area contributed by atoms with Gasteiger partial charge in [-0.2, -0.15) is 0 Å². The molecule has 4 rings (SSSR count). The maximum absolute atomic E-state index is 12.6. The van der Waals surface area contributed by atoms with Crippen LogP contribution in [-0.2, 0) is 0 Å². The lowest BCUT2D eigenvalue weighted by atomic mass is 10.0. The standard InChI is InChI=1S/C20H12O4/c21-11-12-4-3-5-13(8-12)14-9-16(22)19-18(10-14)24-17-7-2-1-6-15(17)20(19)23/h1-11,22H. The van der Waals surface area contributed by atoms with Gasteiger partial charge >= 0.3 is 0 Å². The van der Waals surface area contributed by atoms with E-state index in [1.807, 2.05) is 6.07 Å². The molecule has 1 heterocycles. The summed E-state index contributed by atoms with van der Waals surface area (Å²) in [5, 5.41) is 10.9. The summed E-state index contributed by atoms with van der Waals surface area (Å²) < 4.78 is 5.80. The highest BCUT2D eigenvalue weighted by Crippen LogP contribution is 2.32. The topological polar surface area (TPSA) is 67.5 Å². The molecule has 0 spiro atoms. The molecule has 1 N–H and O–H groups in total. The van der Waals surface area contributed by atoms with Crippen molar-refractivity contribution in [2.75, 3.05) is 0 Å². The van der Waals surface area contributed by atoms with Gasteiger partial charge in [0.05, 0.1) is 5.39 Å². The maximum Gasteiger partial charge on any atom is 0.204 e. The van der Waals surface area contributed by atoms with Gasteiger partial charge in [-0.1, -0.05) is 30.3 Å². The van der Waals surface area contributed by atoms with Gasteiger partial charge in [0.2, 0.25) is 5.43 Å². The van der Waals surface area contributed by atoms with Crippen molar-refractivity contribution in [3.8, 4) is 16.9 Å². The van der Waals surface area contributed by atoms with Gasteiger partial charge in [-0.05, 0) is 41.5 Å². The van der Waals surface area contributed by atoms with Crippen LogP contribution in [0, 0.1) is 0 Å². The first-order valence-corrected chi connectivity index (χ1v) is 7.41. The number of carbonyl (C=O) groups is 1. The van der Waals surface area contributed by atoms with Crippen molar-refractivity contribution >= 4 is 28.2 Å². The Balaban J connectivity index is 2.05. The average molecular weight is 316 g/mol. The third-order valence-corrected chi connectivity index (χ3v) is 4.02. The maximum atomic E-state index is 12.6. The second-order valence-corrected chi connectivity index (χ2v) is 5.54. The Morgan fingerprint density at radius 1 is 0.875 bits per heavy atom. The predicted molar refractivity (Wildman–Crippen MR) is 92.5 cm³/mol. The normalized spacial score (nSPS) is 11.0. The van der Waals surface area contributed by atoms with Crippen LogP contribution in [0.25, 0.3) is 33.1 Å². The zero-order valence-corrected chi connectivity index (χ0v) is 12.5. The largest absolute Gasteiger partial charge is 0.507 e. The van der Waals surface area contributed by atoms with Gasteiger partial charge in [0.1, 0.15) is 28.6 Å². The fraction of sp³-hybridized carbons (Fsp3) is 0.